The topological polar surface area (TPSA) is 66.5 Å². The van der Waals surface area contributed by atoms with Gasteiger partial charge in [0, 0.05) is 19.6 Å². The molecule has 2 aromatic rings. The summed E-state index contributed by atoms with van der Waals surface area (Å²) in [4.78, 5) is 11.9. The Morgan fingerprint density at radius 1 is 1.04 bits per heavy atom. The highest BCUT2D eigenvalue weighted by atomic mass is 32.2. The van der Waals surface area contributed by atoms with Crippen molar-refractivity contribution < 1.29 is 22.0 Å². The monoisotopic (exact) mass is 380 g/mol. The molecule has 0 atom stereocenters. The smallest absolute Gasteiger partial charge is 0.257 e. The van der Waals surface area contributed by atoms with Gasteiger partial charge in [0.15, 0.2) is 0 Å². The summed E-state index contributed by atoms with van der Waals surface area (Å²) in [5.74, 6) is -3.28. The average molecular weight is 380 g/mol. The highest BCUT2D eigenvalue weighted by molar-refractivity contribution is 7.89. The molecule has 2 aromatic carbocycles. The van der Waals surface area contributed by atoms with E-state index in [2.05, 4.69) is 5.32 Å². The summed E-state index contributed by atoms with van der Waals surface area (Å²) in [7, 11) is -3.59. The van der Waals surface area contributed by atoms with Crippen LogP contribution in [0.4, 0.5) is 8.78 Å². The van der Waals surface area contributed by atoms with Gasteiger partial charge in [-0.2, -0.15) is 4.31 Å². The Balaban J connectivity index is 1.60. The van der Waals surface area contributed by atoms with Gasteiger partial charge in [-0.25, -0.2) is 17.2 Å². The number of hydrogen-bond donors (Lipinski definition) is 1. The molecule has 0 aliphatic carbocycles. The Labute approximate surface area is 150 Å². The first-order valence-corrected chi connectivity index (χ1v) is 9.76. The molecule has 1 N–H and O–H groups in total. The lowest BCUT2D eigenvalue weighted by atomic mass is 10.0. The maximum absolute atomic E-state index is 13.6. The minimum absolute atomic E-state index is 0.229. The zero-order valence-electron chi connectivity index (χ0n) is 13.9. The molecule has 0 unspecified atom stereocenters. The van der Waals surface area contributed by atoms with Gasteiger partial charge in [-0.1, -0.05) is 30.3 Å². The van der Waals surface area contributed by atoms with Crippen LogP contribution in [-0.4, -0.2) is 37.5 Å². The number of hydrogen-bond acceptors (Lipinski definition) is 3. The van der Waals surface area contributed by atoms with Crippen LogP contribution in [0, 0.1) is 11.6 Å². The molecule has 0 spiro atoms. The first-order chi connectivity index (χ1) is 12.4. The van der Waals surface area contributed by atoms with Gasteiger partial charge in [0.05, 0.1) is 5.75 Å². The number of sulfonamides is 1. The molecule has 5 nitrogen and oxygen atoms in total. The Morgan fingerprint density at radius 3 is 2.38 bits per heavy atom. The predicted octanol–water partition coefficient (Wildman–Crippen LogP) is 2.08. The van der Waals surface area contributed by atoms with Crippen LogP contribution in [-0.2, 0) is 23.0 Å². The van der Waals surface area contributed by atoms with Gasteiger partial charge in [0.25, 0.3) is 5.91 Å². The standard InChI is InChI=1S/C18H18F2N2O3S/c19-15-6-3-7-16(20)17(15)18(23)21-9-11-26(24,25)22-10-8-13-4-1-2-5-14(13)12-22/h1-7H,8-12H2,(H,21,23). The summed E-state index contributed by atoms with van der Waals surface area (Å²) < 4.78 is 53.4. The van der Waals surface area contributed by atoms with Gasteiger partial charge in [-0.05, 0) is 29.7 Å². The van der Waals surface area contributed by atoms with E-state index >= 15 is 0 Å². The third-order valence-electron chi connectivity index (χ3n) is 4.32. The first-order valence-electron chi connectivity index (χ1n) is 8.15. The SMILES string of the molecule is O=C(NCCS(=O)(=O)N1CCc2ccccc2C1)c1c(F)cccc1F. The molecule has 1 aliphatic heterocycles. The van der Waals surface area contributed by atoms with Gasteiger partial charge < -0.3 is 5.32 Å². The molecule has 0 fully saturated rings. The van der Waals surface area contributed by atoms with E-state index in [4.69, 9.17) is 0 Å². The van der Waals surface area contributed by atoms with Crippen molar-refractivity contribution in [2.75, 3.05) is 18.8 Å². The largest absolute Gasteiger partial charge is 0.351 e. The van der Waals surface area contributed by atoms with Crippen LogP contribution in [0.15, 0.2) is 42.5 Å². The van der Waals surface area contributed by atoms with E-state index in [1.807, 2.05) is 24.3 Å². The van der Waals surface area contributed by atoms with Crippen molar-refractivity contribution in [1.82, 2.24) is 9.62 Å². The molecule has 0 aromatic heterocycles. The molecular weight excluding hydrogens is 362 g/mol. The lowest BCUT2D eigenvalue weighted by Gasteiger charge is -2.28. The number of benzene rings is 2. The molecule has 0 radical (unpaired) electrons. The number of fused-ring (bicyclic) bond motifs is 1. The number of rotatable bonds is 5. The number of carbonyl (C=O) groups excluding carboxylic acids is 1. The van der Waals surface area contributed by atoms with Crippen LogP contribution in [0.5, 0.6) is 0 Å². The summed E-state index contributed by atoms with van der Waals surface area (Å²) in [5.41, 5.74) is 1.37. The lowest BCUT2D eigenvalue weighted by Crippen LogP contribution is -2.40. The van der Waals surface area contributed by atoms with Gasteiger partial charge in [-0.3, -0.25) is 4.79 Å². The molecule has 0 saturated carbocycles. The van der Waals surface area contributed by atoms with Crippen molar-refractivity contribution in [3.05, 3.63) is 70.8 Å². The summed E-state index contributed by atoms with van der Waals surface area (Å²) in [6.45, 7) is 0.427. The average Bonchev–Trinajstić information content (AvgIpc) is 2.61. The molecule has 8 heteroatoms. The van der Waals surface area contributed by atoms with Crippen LogP contribution in [0.3, 0.4) is 0 Å². The van der Waals surface area contributed by atoms with Crippen molar-refractivity contribution in [3.63, 3.8) is 0 Å². The van der Waals surface area contributed by atoms with E-state index < -0.39 is 33.1 Å². The fourth-order valence-electron chi connectivity index (χ4n) is 2.93. The second kappa shape index (κ2) is 7.51. The van der Waals surface area contributed by atoms with Crippen LogP contribution in [0.25, 0.3) is 0 Å². The molecule has 3 rings (SSSR count). The van der Waals surface area contributed by atoms with Crippen molar-refractivity contribution in [2.24, 2.45) is 0 Å². The summed E-state index contributed by atoms with van der Waals surface area (Å²) in [5, 5.41) is 2.27. The van der Waals surface area contributed by atoms with E-state index in [0.29, 0.717) is 13.0 Å². The second-order valence-electron chi connectivity index (χ2n) is 6.02. The van der Waals surface area contributed by atoms with E-state index in [9.17, 15) is 22.0 Å². The highest BCUT2D eigenvalue weighted by Crippen LogP contribution is 2.21. The van der Waals surface area contributed by atoms with E-state index in [-0.39, 0.29) is 18.8 Å². The van der Waals surface area contributed by atoms with Crippen LogP contribution >= 0.6 is 0 Å². The minimum atomic E-state index is -3.59. The Kier molecular flexibility index (Phi) is 5.33. The van der Waals surface area contributed by atoms with Crippen LogP contribution < -0.4 is 5.32 Å². The van der Waals surface area contributed by atoms with Gasteiger partial charge in [-0.15, -0.1) is 0 Å². The number of amides is 1. The molecule has 0 saturated heterocycles. The van der Waals surface area contributed by atoms with E-state index in [1.54, 1.807) is 0 Å². The zero-order valence-corrected chi connectivity index (χ0v) is 14.7. The normalized spacial score (nSPS) is 14.7. The molecule has 0 bridgehead atoms. The maximum Gasteiger partial charge on any atom is 0.257 e. The summed E-state index contributed by atoms with van der Waals surface area (Å²) in [6, 6.07) is 10.7. The fraction of sp³-hybridized carbons (Fsp3) is 0.278. The lowest BCUT2D eigenvalue weighted by molar-refractivity contribution is 0.0947. The van der Waals surface area contributed by atoms with Gasteiger partial charge in [0.2, 0.25) is 10.0 Å². The molecule has 1 aliphatic rings. The number of halogens is 2. The number of nitrogens with zero attached hydrogens (tertiary/aromatic N) is 1. The first kappa shape index (κ1) is 18.5. The minimum Gasteiger partial charge on any atom is -0.351 e. The number of carbonyl (C=O) groups is 1. The molecule has 138 valence electrons. The highest BCUT2D eigenvalue weighted by Gasteiger charge is 2.26. The van der Waals surface area contributed by atoms with Gasteiger partial charge >= 0.3 is 0 Å². The molecule has 1 amide bonds. The molecular formula is C18H18F2N2O3S. The second-order valence-corrected chi connectivity index (χ2v) is 8.11. The maximum atomic E-state index is 13.6. The predicted molar refractivity (Wildman–Crippen MR) is 93.0 cm³/mol. The third kappa shape index (κ3) is 3.91. The number of nitrogens with one attached hydrogen (secondary N) is 1. The van der Waals surface area contributed by atoms with Crippen LogP contribution in [0.2, 0.25) is 0 Å². The summed E-state index contributed by atoms with van der Waals surface area (Å²) in [6.07, 6.45) is 0.627. The van der Waals surface area contributed by atoms with Crippen molar-refractivity contribution in [3.8, 4) is 0 Å². The Bertz CT molecular complexity index is 912. The third-order valence-corrected chi connectivity index (χ3v) is 6.14. The Hall–Kier alpha value is -2.32. The molecule has 1 heterocycles. The van der Waals surface area contributed by atoms with Gasteiger partial charge in [0.1, 0.15) is 17.2 Å². The van der Waals surface area contributed by atoms with Crippen molar-refractivity contribution >= 4 is 15.9 Å². The summed E-state index contributed by atoms with van der Waals surface area (Å²) >= 11 is 0. The molecule has 26 heavy (non-hydrogen) atoms. The Morgan fingerprint density at radius 2 is 1.69 bits per heavy atom. The van der Waals surface area contributed by atoms with E-state index in [0.717, 1.165) is 29.3 Å². The zero-order chi connectivity index (χ0) is 18.7. The van der Waals surface area contributed by atoms with Crippen molar-refractivity contribution in [1.29, 1.82) is 0 Å². The quantitative estimate of drug-likeness (QED) is 0.864. The van der Waals surface area contributed by atoms with Crippen molar-refractivity contribution in [2.45, 2.75) is 13.0 Å². The van der Waals surface area contributed by atoms with E-state index in [1.165, 1.54) is 4.31 Å². The van der Waals surface area contributed by atoms with Crippen LogP contribution in [0.1, 0.15) is 21.5 Å². The fourth-order valence-corrected chi connectivity index (χ4v) is 4.26.